The molecule has 7 heteroatoms. The van der Waals surface area contributed by atoms with Crippen molar-refractivity contribution in [2.24, 2.45) is 11.8 Å². The summed E-state index contributed by atoms with van der Waals surface area (Å²) in [5, 5.41) is 5.84. The molecule has 6 nitrogen and oxygen atoms in total. The summed E-state index contributed by atoms with van der Waals surface area (Å²) >= 11 is 0. The molecule has 2 rings (SSSR count). The number of hydrogen-bond acceptors (Lipinski definition) is 4. The lowest BCUT2D eigenvalue weighted by atomic mass is 9.96. The van der Waals surface area contributed by atoms with Crippen molar-refractivity contribution in [1.82, 2.24) is 15.5 Å². The Morgan fingerprint density at radius 2 is 2.14 bits per heavy atom. The van der Waals surface area contributed by atoms with Crippen molar-refractivity contribution in [2.75, 3.05) is 26.2 Å². The molecule has 2 N–H and O–H groups in total. The van der Waals surface area contributed by atoms with Gasteiger partial charge >= 0.3 is 6.09 Å². The summed E-state index contributed by atoms with van der Waals surface area (Å²) in [5.74, 6) is 0.0577. The quantitative estimate of drug-likeness (QED) is 0.659. The minimum atomic E-state index is -0.452. The van der Waals surface area contributed by atoms with Gasteiger partial charge in [-0.2, -0.15) is 0 Å². The maximum atomic E-state index is 13.4. The number of likely N-dealkylation sites (tertiary alicyclic amines) is 1. The van der Waals surface area contributed by atoms with Crippen LogP contribution in [-0.2, 0) is 16.1 Å². The monoisotopic (exact) mass is 407 g/mol. The molecule has 0 aliphatic carbocycles. The lowest BCUT2D eigenvalue weighted by Gasteiger charge is -2.32. The molecule has 0 spiro atoms. The zero-order valence-electron chi connectivity index (χ0n) is 17.7. The molecular weight excluding hydrogens is 373 g/mol. The Kier molecular flexibility index (Phi) is 9.38. The molecule has 1 fully saturated rings. The van der Waals surface area contributed by atoms with Crippen molar-refractivity contribution in [1.29, 1.82) is 0 Å². The molecule has 2 atom stereocenters. The van der Waals surface area contributed by atoms with Gasteiger partial charge in [0.25, 0.3) is 0 Å². The summed E-state index contributed by atoms with van der Waals surface area (Å²) in [4.78, 5) is 26.7. The van der Waals surface area contributed by atoms with E-state index in [0.29, 0.717) is 32.2 Å². The highest BCUT2D eigenvalue weighted by Gasteiger charge is 2.26. The summed E-state index contributed by atoms with van der Waals surface area (Å²) in [6, 6.07) is 6.44. The molecule has 1 aromatic rings. The van der Waals surface area contributed by atoms with Crippen molar-refractivity contribution in [3.8, 4) is 0 Å². The van der Waals surface area contributed by atoms with E-state index in [4.69, 9.17) is 4.74 Å². The highest BCUT2D eigenvalue weighted by atomic mass is 19.1. The first-order chi connectivity index (χ1) is 13.9. The highest BCUT2D eigenvalue weighted by Crippen LogP contribution is 2.19. The molecule has 0 radical (unpaired) electrons. The summed E-state index contributed by atoms with van der Waals surface area (Å²) in [6.07, 6.45) is 2.08. The fourth-order valence-corrected chi connectivity index (χ4v) is 3.78. The third-order valence-corrected chi connectivity index (χ3v) is 5.05. The average Bonchev–Trinajstić information content (AvgIpc) is 2.66. The number of halogens is 1. The smallest absolute Gasteiger partial charge is 0.407 e. The van der Waals surface area contributed by atoms with Gasteiger partial charge in [0.1, 0.15) is 5.82 Å². The van der Waals surface area contributed by atoms with Crippen molar-refractivity contribution in [2.45, 2.75) is 52.6 Å². The van der Waals surface area contributed by atoms with Gasteiger partial charge in [0.2, 0.25) is 5.91 Å². The third-order valence-electron chi connectivity index (χ3n) is 5.05. The van der Waals surface area contributed by atoms with E-state index in [0.717, 1.165) is 31.4 Å². The lowest BCUT2D eigenvalue weighted by molar-refractivity contribution is -0.126. The first-order valence-electron chi connectivity index (χ1n) is 10.5. The van der Waals surface area contributed by atoms with Crippen molar-refractivity contribution in [3.63, 3.8) is 0 Å². The molecule has 1 heterocycles. The number of nitrogens with zero attached hydrogens (tertiary/aromatic N) is 1. The molecule has 1 aromatic carbocycles. The fourth-order valence-electron chi connectivity index (χ4n) is 3.78. The van der Waals surface area contributed by atoms with Crippen LogP contribution in [0.5, 0.6) is 0 Å². The first kappa shape index (κ1) is 23.1. The topological polar surface area (TPSA) is 70.7 Å². The van der Waals surface area contributed by atoms with Gasteiger partial charge in [0.05, 0.1) is 12.5 Å². The van der Waals surface area contributed by atoms with Crippen LogP contribution in [0.25, 0.3) is 0 Å². The summed E-state index contributed by atoms with van der Waals surface area (Å²) in [5.41, 5.74) is 0.918. The van der Waals surface area contributed by atoms with Gasteiger partial charge in [-0.3, -0.25) is 9.69 Å². The predicted molar refractivity (Wildman–Crippen MR) is 111 cm³/mol. The van der Waals surface area contributed by atoms with E-state index in [1.807, 2.05) is 6.07 Å². The molecular formula is C22H34FN3O3. The summed E-state index contributed by atoms with van der Waals surface area (Å²) < 4.78 is 18.4. The summed E-state index contributed by atoms with van der Waals surface area (Å²) in [6.45, 7) is 8.81. The van der Waals surface area contributed by atoms with Gasteiger partial charge in [-0.1, -0.05) is 26.0 Å². The van der Waals surface area contributed by atoms with E-state index >= 15 is 0 Å². The van der Waals surface area contributed by atoms with Crippen LogP contribution >= 0.6 is 0 Å². The van der Waals surface area contributed by atoms with Gasteiger partial charge in [0, 0.05) is 25.7 Å². The molecule has 2 unspecified atom stereocenters. The van der Waals surface area contributed by atoms with E-state index in [1.165, 1.54) is 6.07 Å². The number of carbonyl (C=O) groups is 2. The molecule has 0 saturated carbocycles. The van der Waals surface area contributed by atoms with E-state index in [9.17, 15) is 14.0 Å². The van der Waals surface area contributed by atoms with Crippen LogP contribution in [-0.4, -0.2) is 49.2 Å². The molecule has 29 heavy (non-hydrogen) atoms. The van der Waals surface area contributed by atoms with E-state index in [-0.39, 0.29) is 23.7 Å². The Hall–Kier alpha value is -2.15. The van der Waals surface area contributed by atoms with Gasteiger partial charge in [-0.25, -0.2) is 9.18 Å². The van der Waals surface area contributed by atoms with E-state index in [1.54, 1.807) is 19.1 Å². The van der Waals surface area contributed by atoms with Crippen LogP contribution in [0, 0.1) is 17.7 Å². The van der Waals surface area contributed by atoms with Crippen LogP contribution in [0.2, 0.25) is 0 Å². The number of nitrogens with one attached hydrogen (secondary N) is 2. The van der Waals surface area contributed by atoms with Gasteiger partial charge in [0.15, 0.2) is 0 Å². The first-order valence-corrected chi connectivity index (χ1v) is 10.5. The van der Waals surface area contributed by atoms with Crippen LogP contribution in [0.15, 0.2) is 24.3 Å². The van der Waals surface area contributed by atoms with Gasteiger partial charge < -0.3 is 15.4 Å². The minimum Gasteiger partial charge on any atom is -0.450 e. The molecule has 1 aliphatic rings. The van der Waals surface area contributed by atoms with Crippen LogP contribution in [0.3, 0.4) is 0 Å². The largest absolute Gasteiger partial charge is 0.450 e. The Morgan fingerprint density at radius 1 is 1.34 bits per heavy atom. The van der Waals surface area contributed by atoms with Crippen molar-refractivity contribution < 1.29 is 18.7 Å². The highest BCUT2D eigenvalue weighted by molar-refractivity contribution is 5.79. The fraction of sp³-hybridized carbons (Fsp3) is 0.636. The molecule has 0 aromatic heterocycles. The maximum absolute atomic E-state index is 13.4. The van der Waals surface area contributed by atoms with Gasteiger partial charge in [-0.15, -0.1) is 0 Å². The minimum absolute atomic E-state index is 0.00774. The molecule has 1 aliphatic heterocycles. The molecule has 1 saturated heterocycles. The predicted octanol–water partition coefficient (Wildman–Crippen LogP) is 3.31. The number of amides is 2. The van der Waals surface area contributed by atoms with Crippen LogP contribution < -0.4 is 10.6 Å². The zero-order valence-corrected chi connectivity index (χ0v) is 17.7. The number of alkyl carbamates (subject to hydrolysis) is 1. The SMILES string of the molecule is CCOC(=O)NC(CNC(=O)C1CCCN(Cc2cccc(F)c2)C1)CC(C)C. The zero-order chi connectivity index (χ0) is 21.2. The van der Waals surface area contributed by atoms with Crippen molar-refractivity contribution in [3.05, 3.63) is 35.6 Å². The van der Waals surface area contributed by atoms with E-state index in [2.05, 4.69) is 29.4 Å². The second-order valence-electron chi connectivity index (χ2n) is 8.14. The number of carbonyl (C=O) groups excluding carboxylic acids is 2. The number of hydrogen-bond donors (Lipinski definition) is 2. The number of piperidine rings is 1. The number of rotatable bonds is 9. The Bertz CT molecular complexity index is 668. The maximum Gasteiger partial charge on any atom is 0.407 e. The van der Waals surface area contributed by atoms with Crippen LogP contribution in [0.4, 0.5) is 9.18 Å². The normalized spacial score (nSPS) is 18.3. The van der Waals surface area contributed by atoms with Gasteiger partial charge in [-0.05, 0) is 56.3 Å². The molecule has 162 valence electrons. The summed E-state index contributed by atoms with van der Waals surface area (Å²) in [7, 11) is 0. The lowest BCUT2D eigenvalue weighted by Crippen LogP contribution is -2.48. The standard InChI is InChI=1S/C22H34FN3O3/c1-4-29-22(28)25-20(11-16(2)3)13-24-21(27)18-8-6-10-26(15-18)14-17-7-5-9-19(23)12-17/h5,7,9,12,16,18,20H,4,6,8,10-11,13-15H2,1-3H3,(H,24,27)(H,25,28). The number of benzene rings is 1. The second kappa shape index (κ2) is 11.8. The van der Waals surface area contributed by atoms with Crippen LogP contribution in [0.1, 0.15) is 45.6 Å². The Balaban J connectivity index is 1.85. The second-order valence-corrected chi connectivity index (χ2v) is 8.14. The Labute approximate surface area is 173 Å². The Morgan fingerprint density at radius 3 is 2.83 bits per heavy atom. The van der Waals surface area contributed by atoms with Crippen molar-refractivity contribution >= 4 is 12.0 Å². The van der Waals surface area contributed by atoms with E-state index < -0.39 is 6.09 Å². The third kappa shape index (κ3) is 8.40. The average molecular weight is 408 g/mol. The molecule has 2 amide bonds. The number of ether oxygens (including phenoxy) is 1. The molecule has 0 bridgehead atoms.